The molecule has 27 heavy (non-hydrogen) atoms. The summed E-state index contributed by atoms with van der Waals surface area (Å²) in [7, 11) is 0. The van der Waals surface area contributed by atoms with Crippen LogP contribution in [0.15, 0.2) is 41.8 Å². The molecule has 3 nitrogen and oxygen atoms in total. The fourth-order valence-corrected chi connectivity index (χ4v) is 6.31. The standard InChI is InChI=1S/C22H27NO2S2/c1-16(2)17-5-7-18(8-6-17)25-19-9-11-22(12-10-19)23(13-15-27-22)21(24)20-4-3-14-26-20/h3-8,14,16,19H,9-13,15H2,1-2H3. The highest BCUT2D eigenvalue weighted by molar-refractivity contribution is 8.00. The van der Waals surface area contributed by atoms with Crippen LogP contribution in [0.2, 0.25) is 0 Å². The van der Waals surface area contributed by atoms with Crippen molar-refractivity contribution in [2.45, 2.75) is 56.4 Å². The van der Waals surface area contributed by atoms with Gasteiger partial charge >= 0.3 is 0 Å². The minimum Gasteiger partial charge on any atom is -0.490 e. The van der Waals surface area contributed by atoms with Gasteiger partial charge in [-0.2, -0.15) is 0 Å². The third kappa shape index (κ3) is 3.90. The number of nitrogens with zero attached hydrogens (tertiary/aromatic N) is 1. The van der Waals surface area contributed by atoms with Crippen LogP contribution in [0.3, 0.4) is 0 Å². The molecule has 1 spiro atoms. The second-order valence-electron chi connectivity index (χ2n) is 7.77. The van der Waals surface area contributed by atoms with Gasteiger partial charge in [-0.1, -0.05) is 32.0 Å². The molecule has 1 aliphatic heterocycles. The van der Waals surface area contributed by atoms with Crippen molar-refractivity contribution in [3.8, 4) is 5.75 Å². The summed E-state index contributed by atoms with van der Waals surface area (Å²) in [5.41, 5.74) is 1.34. The quantitative estimate of drug-likeness (QED) is 0.650. The van der Waals surface area contributed by atoms with Crippen LogP contribution in [0.4, 0.5) is 0 Å². The summed E-state index contributed by atoms with van der Waals surface area (Å²) in [4.78, 5) is 15.9. The number of benzene rings is 1. The molecule has 0 bridgehead atoms. The minimum absolute atomic E-state index is 0.0254. The highest BCUT2D eigenvalue weighted by Gasteiger charge is 2.47. The lowest BCUT2D eigenvalue weighted by atomic mass is 9.90. The van der Waals surface area contributed by atoms with E-state index in [0.717, 1.165) is 48.6 Å². The van der Waals surface area contributed by atoms with Gasteiger partial charge in [0.15, 0.2) is 0 Å². The van der Waals surface area contributed by atoms with E-state index >= 15 is 0 Å². The first-order valence-corrected chi connectivity index (χ1v) is 11.7. The minimum atomic E-state index is -0.0254. The fourth-order valence-electron chi connectivity index (χ4n) is 4.13. The van der Waals surface area contributed by atoms with E-state index in [2.05, 4.69) is 43.0 Å². The second-order valence-corrected chi connectivity index (χ2v) is 10.2. The number of ether oxygens (including phenoxy) is 1. The Morgan fingerprint density at radius 2 is 1.93 bits per heavy atom. The average Bonchev–Trinajstić information content (AvgIpc) is 3.34. The molecule has 2 fully saturated rings. The number of hydrogen-bond acceptors (Lipinski definition) is 4. The summed E-state index contributed by atoms with van der Waals surface area (Å²) in [6.45, 7) is 5.28. The van der Waals surface area contributed by atoms with Crippen LogP contribution < -0.4 is 4.74 Å². The van der Waals surface area contributed by atoms with Gasteiger partial charge in [0, 0.05) is 12.3 Å². The van der Waals surface area contributed by atoms with Gasteiger partial charge in [-0.15, -0.1) is 23.1 Å². The summed E-state index contributed by atoms with van der Waals surface area (Å²) < 4.78 is 6.25. The van der Waals surface area contributed by atoms with Crippen molar-refractivity contribution in [3.63, 3.8) is 0 Å². The summed E-state index contributed by atoms with van der Waals surface area (Å²) >= 11 is 3.51. The first-order valence-electron chi connectivity index (χ1n) is 9.83. The monoisotopic (exact) mass is 401 g/mol. The van der Waals surface area contributed by atoms with Crippen LogP contribution in [0.25, 0.3) is 0 Å². The maximum Gasteiger partial charge on any atom is 0.265 e. The zero-order valence-corrected chi connectivity index (χ0v) is 17.7. The maximum absolute atomic E-state index is 12.9. The molecule has 1 amide bonds. The van der Waals surface area contributed by atoms with Crippen LogP contribution >= 0.6 is 23.1 Å². The van der Waals surface area contributed by atoms with E-state index in [1.165, 1.54) is 5.56 Å². The molecule has 1 saturated carbocycles. The summed E-state index contributed by atoms with van der Waals surface area (Å²) in [6.07, 6.45) is 4.30. The maximum atomic E-state index is 12.9. The Labute approximate surface area is 170 Å². The van der Waals surface area contributed by atoms with Crippen LogP contribution in [-0.4, -0.2) is 34.1 Å². The van der Waals surface area contributed by atoms with Gasteiger partial charge in [0.05, 0.1) is 15.9 Å². The Morgan fingerprint density at radius 1 is 1.19 bits per heavy atom. The van der Waals surface area contributed by atoms with Gasteiger partial charge in [0.25, 0.3) is 5.91 Å². The molecule has 1 saturated heterocycles. The first-order chi connectivity index (χ1) is 13.1. The molecular formula is C22H27NO2S2. The third-order valence-corrected chi connectivity index (χ3v) is 8.13. The Morgan fingerprint density at radius 3 is 2.56 bits per heavy atom. The van der Waals surface area contributed by atoms with E-state index < -0.39 is 0 Å². The molecule has 2 aliphatic rings. The van der Waals surface area contributed by atoms with Crippen molar-refractivity contribution in [2.75, 3.05) is 12.3 Å². The molecule has 0 unspecified atom stereocenters. The SMILES string of the molecule is CC(C)c1ccc(OC2CCC3(CC2)SCCN3C(=O)c2cccs2)cc1. The molecule has 4 rings (SSSR count). The largest absolute Gasteiger partial charge is 0.490 e. The van der Waals surface area contributed by atoms with Gasteiger partial charge in [-0.05, 0) is 60.7 Å². The molecule has 144 valence electrons. The van der Waals surface area contributed by atoms with Gasteiger partial charge in [-0.25, -0.2) is 0 Å². The highest BCUT2D eigenvalue weighted by Crippen LogP contribution is 2.47. The summed E-state index contributed by atoms with van der Waals surface area (Å²) in [6, 6.07) is 12.4. The van der Waals surface area contributed by atoms with Crippen molar-refractivity contribution in [1.29, 1.82) is 0 Å². The van der Waals surface area contributed by atoms with Crippen molar-refractivity contribution in [2.24, 2.45) is 0 Å². The molecule has 1 aromatic heterocycles. The molecule has 5 heteroatoms. The van der Waals surface area contributed by atoms with Gasteiger partial charge < -0.3 is 9.64 Å². The molecule has 2 aromatic rings. The summed E-state index contributed by atoms with van der Waals surface area (Å²) in [5.74, 6) is 2.75. The number of thiophene rings is 1. The van der Waals surface area contributed by atoms with E-state index in [-0.39, 0.29) is 16.9 Å². The van der Waals surface area contributed by atoms with Crippen molar-refractivity contribution < 1.29 is 9.53 Å². The topological polar surface area (TPSA) is 29.5 Å². The van der Waals surface area contributed by atoms with Gasteiger partial charge in [0.2, 0.25) is 0 Å². The van der Waals surface area contributed by atoms with Crippen LogP contribution in [0.1, 0.15) is 60.7 Å². The Hall–Kier alpha value is -1.46. The van der Waals surface area contributed by atoms with Crippen molar-refractivity contribution >= 4 is 29.0 Å². The smallest absolute Gasteiger partial charge is 0.265 e. The third-order valence-electron chi connectivity index (χ3n) is 5.72. The Bertz CT molecular complexity index is 762. The predicted molar refractivity (Wildman–Crippen MR) is 114 cm³/mol. The molecule has 2 heterocycles. The molecule has 0 atom stereocenters. The fraction of sp³-hybridized carbons (Fsp3) is 0.500. The van der Waals surface area contributed by atoms with Gasteiger partial charge in [-0.3, -0.25) is 4.79 Å². The molecule has 0 N–H and O–H groups in total. The van der Waals surface area contributed by atoms with E-state index in [1.54, 1.807) is 11.3 Å². The predicted octanol–water partition coefficient (Wildman–Crippen LogP) is 5.78. The molecule has 1 aromatic carbocycles. The van der Waals surface area contributed by atoms with E-state index in [9.17, 15) is 4.79 Å². The number of rotatable bonds is 4. The zero-order chi connectivity index (χ0) is 18.9. The van der Waals surface area contributed by atoms with Crippen molar-refractivity contribution in [1.82, 2.24) is 4.90 Å². The molecule has 0 radical (unpaired) electrons. The number of hydrogen-bond donors (Lipinski definition) is 0. The number of carbonyl (C=O) groups is 1. The average molecular weight is 402 g/mol. The number of carbonyl (C=O) groups excluding carboxylic acids is 1. The first kappa shape index (κ1) is 18.9. The Balaban J connectivity index is 1.38. The number of amides is 1. The van der Waals surface area contributed by atoms with Gasteiger partial charge in [0.1, 0.15) is 5.75 Å². The highest BCUT2D eigenvalue weighted by atomic mass is 32.2. The van der Waals surface area contributed by atoms with Crippen molar-refractivity contribution in [3.05, 3.63) is 52.2 Å². The molecule has 1 aliphatic carbocycles. The van der Waals surface area contributed by atoms with Crippen LogP contribution in [-0.2, 0) is 0 Å². The van der Waals surface area contributed by atoms with E-state index in [4.69, 9.17) is 4.74 Å². The second kappa shape index (κ2) is 7.88. The lowest BCUT2D eigenvalue weighted by Gasteiger charge is -2.42. The lowest BCUT2D eigenvalue weighted by molar-refractivity contribution is 0.0517. The number of thioether (sulfide) groups is 1. The molecular weight excluding hydrogens is 374 g/mol. The van der Waals surface area contributed by atoms with E-state index in [1.807, 2.05) is 29.3 Å². The van der Waals surface area contributed by atoms with Crippen LogP contribution in [0, 0.1) is 0 Å². The lowest BCUT2D eigenvalue weighted by Crippen LogP contribution is -2.49. The van der Waals surface area contributed by atoms with E-state index in [0.29, 0.717) is 5.92 Å². The normalized spacial score (nSPS) is 25.3. The zero-order valence-electron chi connectivity index (χ0n) is 16.0. The summed E-state index contributed by atoms with van der Waals surface area (Å²) in [5, 5.41) is 1.98. The van der Waals surface area contributed by atoms with Crippen LogP contribution in [0.5, 0.6) is 5.75 Å². The Kier molecular flexibility index (Phi) is 5.51.